The molecular formula is C37H53BN4O7. The summed E-state index contributed by atoms with van der Waals surface area (Å²) in [5.41, 5.74) is 5.85. The van der Waals surface area contributed by atoms with E-state index in [9.17, 15) is 15.0 Å². The zero-order valence-electron chi connectivity index (χ0n) is 30.4. The van der Waals surface area contributed by atoms with Crippen LogP contribution in [-0.4, -0.2) is 102 Å². The molecule has 12 heteroatoms. The zero-order chi connectivity index (χ0) is 35.3. The first-order valence-corrected chi connectivity index (χ1v) is 17.7. The summed E-state index contributed by atoms with van der Waals surface area (Å²) in [5, 5.41) is 21.2. The number of benzene rings is 1. The number of carbonyl (C=O) groups is 1. The van der Waals surface area contributed by atoms with Gasteiger partial charge in [-0.15, -0.1) is 0 Å². The van der Waals surface area contributed by atoms with Gasteiger partial charge in [-0.05, 0) is 96.3 Å². The molecule has 6 rings (SSSR count). The number of methoxy groups -OCH3 is 1. The number of rotatable bonds is 12. The minimum absolute atomic E-state index is 0.0855. The third-order valence-corrected chi connectivity index (χ3v) is 11.1. The maximum absolute atomic E-state index is 11.6. The van der Waals surface area contributed by atoms with Crippen molar-refractivity contribution < 1.29 is 33.8 Å². The average Bonchev–Trinajstić information content (AvgIpc) is 3.73. The first kappa shape index (κ1) is 35.7. The lowest BCUT2D eigenvalue weighted by Crippen LogP contribution is -2.48. The van der Waals surface area contributed by atoms with Crippen LogP contribution in [0.15, 0.2) is 30.5 Å². The number of amides is 1. The van der Waals surface area contributed by atoms with Crippen molar-refractivity contribution in [3.8, 4) is 11.3 Å². The first-order chi connectivity index (χ1) is 23.2. The van der Waals surface area contributed by atoms with Gasteiger partial charge in [-0.2, -0.15) is 0 Å². The molecule has 3 aromatic rings. The fourth-order valence-electron chi connectivity index (χ4n) is 7.03. The maximum atomic E-state index is 11.6. The summed E-state index contributed by atoms with van der Waals surface area (Å²) in [7, 11) is 1.19. The number of anilines is 1. The number of pyridine rings is 1. The molecule has 1 atom stereocenters. The third-order valence-electron chi connectivity index (χ3n) is 11.1. The van der Waals surface area contributed by atoms with Crippen molar-refractivity contribution in [3.63, 3.8) is 0 Å². The normalized spacial score (nSPS) is 20.4. The fourth-order valence-corrected chi connectivity index (χ4v) is 7.03. The summed E-state index contributed by atoms with van der Waals surface area (Å²) in [5.74, 6) is 0. The van der Waals surface area contributed by atoms with Crippen molar-refractivity contribution in [2.45, 2.75) is 97.7 Å². The van der Waals surface area contributed by atoms with Crippen LogP contribution in [0.5, 0.6) is 0 Å². The Morgan fingerprint density at radius 2 is 1.71 bits per heavy atom. The predicted molar refractivity (Wildman–Crippen MR) is 192 cm³/mol. The van der Waals surface area contributed by atoms with Crippen molar-refractivity contribution >= 4 is 35.3 Å². The van der Waals surface area contributed by atoms with Crippen LogP contribution in [0.4, 0.5) is 10.5 Å². The van der Waals surface area contributed by atoms with E-state index in [1.54, 1.807) is 7.11 Å². The first-order valence-electron chi connectivity index (χ1n) is 17.7. The van der Waals surface area contributed by atoms with E-state index in [1.807, 2.05) is 27.0 Å². The molecule has 11 nitrogen and oxygen atoms in total. The SMILES string of the molecule is CO[C@@H](C)c1ncc(N2CCN(C(=O)O)CC2)cc1-c1c(CC2(CO)CC2)c2cc(B3OC(C)(C)C(C)(C)O3)ccc2n1CCOC(C)C. The van der Waals surface area contributed by atoms with Crippen LogP contribution < -0.4 is 10.4 Å². The average molecular weight is 677 g/mol. The highest BCUT2D eigenvalue weighted by atomic mass is 16.7. The number of ether oxygens (including phenoxy) is 2. The van der Waals surface area contributed by atoms with Gasteiger partial charge in [0.25, 0.3) is 0 Å². The van der Waals surface area contributed by atoms with Crippen LogP contribution in [-0.2, 0) is 31.7 Å². The molecule has 2 N–H and O–H groups in total. The Balaban J connectivity index is 1.55. The summed E-state index contributed by atoms with van der Waals surface area (Å²) in [6, 6.07) is 8.68. The minimum Gasteiger partial charge on any atom is -0.465 e. The summed E-state index contributed by atoms with van der Waals surface area (Å²) in [6.07, 6.45) is 3.44. The minimum atomic E-state index is -0.890. The monoisotopic (exact) mass is 676 g/mol. The lowest BCUT2D eigenvalue weighted by Gasteiger charge is -2.35. The predicted octanol–water partition coefficient (Wildman–Crippen LogP) is 5.25. The molecule has 0 bridgehead atoms. The molecule has 2 aliphatic heterocycles. The molecule has 2 aromatic heterocycles. The van der Waals surface area contributed by atoms with Gasteiger partial charge in [0.1, 0.15) is 0 Å². The van der Waals surface area contributed by atoms with Gasteiger partial charge in [0.05, 0.1) is 53.3 Å². The molecule has 1 aromatic carbocycles. The van der Waals surface area contributed by atoms with Crippen LogP contribution in [0.1, 0.15) is 78.7 Å². The van der Waals surface area contributed by atoms with Gasteiger partial charge in [0.15, 0.2) is 0 Å². The summed E-state index contributed by atoms with van der Waals surface area (Å²) in [4.78, 5) is 20.3. The van der Waals surface area contributed by atoms with Gasteiger partial charge in [-0.1, -0.05) is 12.1 Å². The molecule has 0 unspecified atom stereocenters. The van der Waals surface area contributed by atoms with Crippen LogP contribution in [0.3, 0.4) is 0 Å². The van der Waals surface area contributed by atoms with E-state index in [4.69, 9.17) is 23.8 Å². The van der Waals surface area contributed by atoms with Crippen molar-refractivity contribution in [1.82, 2.24) is 14.5 Å². The summed E-state index contributed by atoms with van der Waals surface area (Å²) >= 11 is 0. The molecule has 266 valence electrons. The number of hydrogen-bond donors (Lipinski definition) is 2. The number of aliphatic hydroxyl groups is 1. The van der Waals surface area contributed by atoms with Crippen molar-refractivity contribution in [2.24, 2.45) is 5.41 Å². The molecule has 4 heterocycles. The van der Waals surface area contributed by atoms with Crippen molar-refractivity contribution in [1.29, 1.82) is 0 Å². The van der Waals surface area contributed by atoms with Gasteiger partial charge in [-0.25, -0.2) is 4.79 Å². The Morgan fingerprint density at radius 3 is 2.29 bits per heavy atom. The van der Waals surface area contributed by atoms with Crippen LogP contribution in [0, 0.1) is 5.41 Å². The summed E-state index contributed by atoms with van der Waals surface area (Å²) < 4.78 is 27.4. The number of nitrogens with zero attached hydrogens (tertiary/aromatic N) is 4. The molecule has 1 aliphatic carbocycles. The maximum Gasteiger partial charge on any atom is 0.494 e. The number of aromatic nitrogens is 2. The van der Waals surface area contributed by atoms with Gasteiger partial charge >= 0.3 is 13.2 Å². The third kappa shape index (κ3) is 6.95. The van der Waals surface area contributed by atoms with E-state index >= 15 is 0 Å². The van der Waals surface area contributed by atoms with E-state index in [-0.39, 0.29) is 24.2 Å². The van der Waals surface area contributed by atoms with Gasteiger partial charge < -0.3 is 43.4 Å². The Hall–Kier alpha value is -3.16. The van der Waals surface area contributed by atoms with E-state index in [1.165, 1.54) is 4.90 Å². The quantitative estimate of drug-likeness (QED) is 0.248. The Morgan fingerprint density at radius 1 is 1.04 bits per heavy atom. The molecule has 0 spiro atoms. The lowest BCUT2D eigenvalue weighted by atomic mass is 9.78. The Labute approximate surface area is 290 Å². The molecule has 49 heavy (non-hydrogen) atoms. The number of piperazine rings is 1. The number of hydrogen-bond acceptors (Lipinski definition) is 8. The number of carboxylic acid groups (broad SMARTS) is 1. The van der Waals surface area contributed by atoms with Gasteiger partial charge in [0, 0.05) is 62.9 Å². The van der Waals surface area contributed by atoms with Crippen LogP contribution >= 0.6 is 0 Å². The smallest absolute Gasteiger partial charge is 0.465 e. The van der Waals surface area contributed by atoms with E-state index < -0.39 is 24.4 Å². The second kappa shape index (κ2) is 13.5. The second-order valence-corrected chi connectivity index (χ2v) is 15.4. The van der Waals surface area contributed by atoms with E-state index in [2.05, 4.69) is 61.4 Å². The van der Waals surface area contributed by atoms with E-state index in [0.29, 0.717) is 45.8 Å². The Kier molecular flexibility index (Phi) is 9.84. The molecule has 1 saturated carbocycles. The lowest BCUT2D eigenvalue weighted by molar-refractivity contribution is 0.00578. The standard InChI is InChI=1S/C37H53BN4O7/c1-24(2)47-18-17-42-31-10-9-26(38-48-35(4,5)36(6,7)49-38)19-28(31)30(21-37(23-43)11-12-37)33(42)29-20-27(22-39-32(29)25(3)46-8)40-13-15-41(16-14-40)34(44)45/h9-10,19-20,22,24-25,43H,11-18,21,23H2,1-8H3,(H,44,45)/t25-/m0/s1. The molecule has 0 radical (unpaired) electrons. The second-order valence-electron chi connectivity index (χ2n) is 15.4. The highest BCUT2D eigenvalue weighted by molar-refractivity contribution is 6.62. The summed E-state index contributed by atoms with van der Waals surface area (Å²) in [6.45, 7) is 17.7. The fraction of sp³-hybridized carbons (Fsp3) is 0.622. The Bertz CT molecular complexity index is 1660. The highest BCUT2D eigenvalue weighted by Crippen LogP contribution is 2.51. The van der Waals surface area contributed by atoms with E-state index in [0.717, 1.165) is 57.4 Å². The van der Waals surface area contributed by atoms with Crippen LogP contribution in [0.25, 0.3) is 22.2 Å². The highest BCUT2D eigenvalue weighted by Gasteiger charge is 2.52. The number of aliphatic hydroxyl groups excluding tert-OH is 1. The molecule has 1 amide bonds. The number of fused-ring (bicyclic) bond motifs is 1. The van der Waals surface area contributed by atoms with Gasteiger partial charge in [0.2, 0.25) is 0 Å². The molecular weight excluding hydrogens is 623 g/mol. The zero-order valence-corrected chi connectivity index (χ0v) is 30.4. The molecule has 2 saturated heterocycles. The van der Waals surface area contributed by atoms with Crippen molar-refractivity contribution in [3.05, 3.63) is 41.7 Å². The van der Waals surface area contributed by atoms with Gasteiger partial charge in [-0.3, -0.25) is 4.98 Å². The van der Waals surface area contributed by atoms with Crippen molar-refractivity contribution in [2.75, 3.05) is 51.4 Å². The molecule has 3 aliphatic rings. The van der Waals surface area contributed by atoms with Crippen LogP contribution in [0.2, 0.25) is 0 Å². The molecule has 3 fully saturated rings. The topological polar surface area (TPSA) is 119 Å². The largest absolute Gasteiger partial charge is 0.494 e.